The zero-order valence-corrected chi connectivity index (χ0v) is 20.1. The van der Waals surface area contributed by atoms with Crippen molar-refractivity contribution in [3.63, 3.8) is 0 Å². The second-order valence-corrected chi connectivity index (χ2v) is 8.57. The van der Waals surface area contributed by atoms with Crippen LogP contribution in [0.15, 0.2) is 35.1 Å². The van der Waals surface area contributed by atoms with Gasteiger partial charge in [0.2, 0.25) is 5.75 Å². The van der Waals surface area contributed by atoms with Crippen LogP contribution in [-0.4, -0.2) is 31.7 Å². The van der Waals surface area contributed by atoms with Gasteiger partial charge in [-0.05, 0) is 49.6 Å². The van der Waals surface area contributed by atoms with Gasteiger partial charge in [0.25, 0.3) is 0 Å². The topological polar surface area (TPSA) is 120 Å². The molecule has 0 saturated carbocycles. The molecule has 1 N–H and O–H groups in total. The van der Waals surface area contributed by atoms with Gasteiger partial charge in [-0.1, -0.05) is 19.9 Å². The van der Waals surface area contributed by atoms with Crippen LogP contribution in [0.1, 0.15) is 36.7 Å². The van der Waals surface area contributed by atoms with Crippen LogP contribution >= 0.6 is 0 Å². The number of rotatable bonds is 5. The standard InChI is InChI=1S/C25H22F2N4O5/c1-11(2)19-21(12(3)9-13(4)28-19)30-24-14(23(32)22(25(30)33)31(34)35)10-16(27)20(29-24)18-15(26)7-6-8-17(18)36-5/h6-11,32H,1-5H3. The van der Waals surface area contributed by atoms with E-state index in [0.717, 1.165) is 16.7 Å². The third-order valence-corrected chi connectivity index (χ3v) is 5.78. The van der Waals surface area contributed by atoms with E-state index in [9.17, 15) is 24.4 Å². The van der Waals surface area contributed by atoms with Crippen molar-refractivity contribution in [2.24, 2.45) is 0 Å². The Morgan fingerprint density at radius 1 is 1.14 bits per heavy atom. The number of pyridine rings is 3. The molecule has 1 aromatic carbocycles. The molecule has 0 fully saturated rings. The lowest BCUT2D eigenvalue weighted by atomic mass is 10.0. The molecule has 4 aromatic rings. The van der Waals surface area contributed by atoms with E-state index in [2.05, 4.69) is 9.97 Å². The molecular weight excluding hydrogens is 474 g/mol. The van der Waals surface area contributed by atoms with Gasteiger partial charge in [0, 0.05) is 5.69 Å². The van der Waals surface area contributed by atoms with Crippen molar-refractivity contribution in [1.29, 1.82) is 0 Å². The summed E-state index contributed by atoms with van der Waals surface area (Å²) < 4.78 is 36.3. The van der Waals surface area contributed by atoms with Gasteiger partial charge in [-0.15, -0.1) is 0 Å². The first-order chi connectivity index (χ1) is 17.0. The minimum absolute atomic E-state index is 0.0168. The Kier molecular flexibility index (Phi) is 6.17. The van der Waals surface area contributed by atoms with Crippen LogP contribution < -0.4 is 10.3 Å². The molecule has 36 heavy (non-hydrogen) atoms. The Morgan fingerprint density at radius 2 is 1.83 bits per heavy atom. The van der Waals surface area contributed by atoms with Gasteiger partial charge in [0.05, 0.1) is 34.4 Å². The molecule has 9 nitrogen and oxygen atoms in total. The number of aryl methyl sites for hydroxylation is 2. The first-order valence-electron chi connectivity index (χ1n) is 10.9. The lowest BCUT2D eigenvalue weighted by molar-refractivity contribution is -0.387. The normalized spacial score (nSPS) is 11.3. The number of ether oxygens (including phenoxy) is 1. The van der Waals surface area contributed by atoms with Crippen LogP contribution in [0.4, 0.5) is 14.5 Å². The number of hydrogen-bond donors (Lipinski definition) is 1. The quantitative estimate of drug-likeness (QED) is 0.302. The highest BCUT2D eigenvalue weighted by atomic mass is 19.1. The summed E-state index contributed by atoms with van der Waals surface area (Å²) in [5.74, 6) is -3.20. The third kappa shape index (κ3) is 3.82. The summed E-state index contributed by atoms with van der Waals surface area (Å²) in [5.41, 5.74) is -1.60. The van der Waals surface area contributed by atoms with Crippen molar-refractivity contribution in [3.05, 3.63) is 79.4 Å². The molecule has 0 aliphatic carbocycles. The van der Waals surface area contributed by atoms with Crippen molar-refractivity contribution in [1.82, 2.24) is 14.5 Å². The Bertz CT molecular complexity index is 1620. The Hall–Kier alpha value is -4.41. The number of fused-ring (bicyclic) bond motifs is 1. The molecule has 0 aliphatic rings. The molecule has 0 saturated heterocycles. The fourth-order valence-corrected chi connectivity index (χ4v) is 4.26. The molecule has 0 radical (unpaired) electrons. The monoisotopic (exact) mass is 496 g/mol. The average molecular weight is 496 g/mol. The van der Waals surface area contributed by atoms with Crippen LogP contribution in [0.5, 0.6) is 11.5 Å². The summed E-state index contributed by atoms with van der Waals surface area (Å²) >= 11 is 0. The minimum Gasteiger partial charge on any atom is -0.501 e. The van der Waals surface area contributed by atoms with Gasteiger partial charge < -0.3 is 9.84 Å². The van der Waals surface area contributed by atoms with Crippen molar-refractivity contribution in [2.45, 2.75) is 33.6 Å². The number of nitrogens with zero attached hydrogens (tertiary/aromatic N) is 4. The van der Waals surface area contributed by atoms with Crippen molar-refractivity contribution in [3.8, 4) is 28.4 Å². The highest BCUT2D eigenvalue weighted by molar-refractivity contribution is 5.90. The highest BCUT2D eigenvalue weighted by Gasteiger charge is 2.31. The van der Waals surface area contributed by atoms with E-state index in [1.54, 1.807) is 19.9 Å². The van der Waals surface area contributed by atoms with Crippen LogP contribution in [0.3, 0.4) is 0 Å². The maximum Gasteiger partial charge on any atom is 0.376 e. The van der Waals surface area contributed by atoms with Gasteiger partial charge >= 0.3 is 11.2 Å². The van der Waals surface area contributed by atoms with Crippen LogP contribution in [0.25, 0.3) is 28.0 Å². The van der Waals surface area contributed by atoms with Gasteiger partial charge in [-0.2, -0.15) is 0 Å². The molecule has 11 heteroatoms. The maximum atomic E-state index is 15.3. The number of nitro groups is 1. The molecule has 0 spiro atoms. The molecular formula is C25H22F2N4O5. The lowest BCUT2D eigenvalue weighted by Crippen LogP contribution is -2.25. The van der Waals surface area contributed by atoms with E-state index in [1.807, 2.05) is 13.8 Å². The number of benzene rings is 1. The molecule has 0 amide bonds. The van der Waals surface area contributed by atoms with Gasteiger partial charge in [0.15, 0.2) is 11.5 Å². The molecule has 3 heterocycles. The summed E-state index contributed by atoms with van der Waals surface area (Å²) in [6.45, 7) is 7.11. The van der Waals surface area contributed by atoms with Gasteiger partial charge in [-0.3, -0.25) is 24.5 Å². The Balaban J connectivity index is 2.27. The second-order valence-electron chi connectivity index (χ2n) is 8.57. The molecule has 4 rings (SSSR count). The molecule has 0 atom stereocenters. The largest absolute Gasteiger partial charge is 0.501 e. The fraction of sp³-hybridized carbons (Fsp3) is 0.240. The summed E-state index contributed by atoms with van der Waals surface area (Å²) in [6, 6.07) is 6.35. The third-order valence-electron chi connectivity index (χ3n) is 5.78. The van der Waals surface area contributed by atoms with Crippen molar-refractivity contribution in [2.75, 3.05) is 7.11 Å². The van der Waals surface area contributed by atoms with Crippen molar-refractivity contribution < 1.29 is 23.5 Å². The zero-order chi connectivity index (χ0) is 26.5. The summed E-state index contributed by atoms with van der Waals surface area (Å²) in [6.07, 6.45) is 0. The molecule has 0 unspecified atom stereocenters. The van der Waals surface area contributed by atoms with E-state index >= 15 is 4.39 Å². The van der Waals surface area contributed by atoms with Gasteiger partial charge in [-0.25, -0.2) is 13.8 Å². The van der Waals surface area contributed by atoms with Crippen LogP contribution in [0.2, 0.25) is 0 Å². The van der Waals surface area contributed by atoms with E-state index in [4.69, 9.17) is 4.74 Å². The lowest BCUT2D eigenvalue weighted by Gasteiger charge is -2.20. The van der Waals surface area contributed by atoms with E-state index < -0.39 is 44.6 Å². The SMILES string of the molecule is COc1cccc(F)c1-c1nc2c(cc1F)c(O)c([N+](=O)[O-])c(=O)n2-c1c(C)cc(C)nc1C(C)C. The number of aromatic nitrogens is 3. The Labute approximate surface area is 203 Å². The van der Waals surface area contributed by atoms with E-state index in [-0.39, 0.29) is 28.6 Å². The predicted octanol–water partition coefficient (Wildman–Crippen LogP) is 5.09. The number of hydrogen-bond acceptors (Lipinski definition) is 7. The predicted molar refractivity (Wildman–Crippen MR) is 129 cm³/mol. The smallest absolute Gasteiger partial charge is 0.376 e. The number of aromatic hydroxyl groups is 1. The first-order valence-corrected chi connectivity index (χ1v) is 10.9. The summed E-state index contributed by atoms with van der Waals surface area (Å²) in [7, 11) is 1.28. The minimum atomic E-state index is -1.19. The average Bonchev–Trinajstić information content (AvgIpc) is 2.79. The fourth-order valence-electron chi connectivity index (χ4n) is 4.26. The second kappa shape index (κ2) is 8.99. The molecule has 186 valence electrons. The molecule has 0 aliphatic heterocycles. The number of halogens is 2. The summed E-state index contributed by atoms with van der Waals surface area (Å²) in [4.78, 5) is 33.0. The Morgan fingerprint density at radius 3 is 2.44 bits per heavy atom. The maximum absolute atomic E-state index is 15.3. The van der Waals surface area contributed by atoms with Crippen LogP contribution in [0, 0.1) is 35.6 Å². The molecule has 0 bridgehead atoms. The van der Waals surface area contributed by atoms with Crippen molar-refractivity contribution >= 4 is 16.7 Å². The summed E-state index contributed by atoms with van der Waals surface area (Å²) in [5, 5.41) is 22.0. The van der Waals surface area contributed by atoms with Gasteiger partial charge in [0.1, 0.15) is 17.3 Å². The molecule has 3 aromatic heterocycles. The van der Waals surface area contributed by atoms with E-state index in [1.165, 1.54) is 19.2 Å². The number of methoxy groups -OCH3 is 1. The zero-order valence-electron chi connectivity index (χ0n) is 20.1. The van der Waals surface area contributed by atoms with Crippen LogP contribution in [-0.2, 0) is 0 Å². The first kappa shape index (κ1) is 24.7. The highest BCUT2D eigenvalue weighted by Crippen LogP contribution is 2.39. The van der Waals surface area contributed by atoms with E-state index in [0.29, 0.717) is 17.0 Å².